The van der Waals surface area contributed by atoms with Crippen LogP contribution in [0.1, 0.15) is 6.42 Å². The number of benzene rings is 3. The number of nitrogens with one attached hydrogen (secondary N) is 1. The van der Waals surface area contributed by atoms with Crippen LogP contribution in [0, 0.1) is 0 Å². The Kier molecular flexibility index (Phi) is 5.44. The summed E-state index contributed by atoms with van der Waals surface area (Å²) in [5, 5.41) is 3.01. The monoisotopic (exact) mass is 388 g/mol. The summed E-state index contributed by atoms with van der Waals surface area (Å²) in [5.41, 5.74) is 3.70. The lowest BCUT2D eigenvalue weighted by molar-refractivity contribution is -0.117. The maximum atomic E-state index is 12.6. The Morgan fingerprint density at radius 1 is 0.929 bits per heavy atom. The number of carbonyl (C=O) groups excluding carboxylic acids is 2. The second kappa shape index (κ2) is 8.31. The lowest BCUT2D eigenvalue weighted by Crippen LogP contribution is -2.37. The molecule has 4 nitrogen and oxygen atoms in total. The number of nitrogens with zero attached hydrogens (tertiary/aromatic N) is 1. The van der Waals surface area contributed by atoms with Gasteiger partial charge in [-0.1, -0.05) is 60.7 Å². The van der Waals surface area contributed by atoms with Crippen molar-refractivity contribution in [1.82, 2.24) is 0 Å². The van der Waals surface area contributed by atoms with E-state index in [4.69, 9.17) is 0 Å². The zero-order valence-corrected chi connectivity index (χ0v) is 16.1. The molecular formula is C23H20N2O2S. The first-order valence-electron chi connectivity index (χ1n) is 9.19. The van der Waals surface area contributed by atoms with Crippen LogP contribution in [0.2, 0.25) is 0 Å². The molecule has 0 fully saturated rings. The summed E-state index contributed by atoms with van der Waals surface area (Å²) in [5.74, 6) is 0.350. The highest BCUT2D eigenvalue weighted by molar-refractivity contribution is 8.00. The van der Waals surface area contributed by atoms with Crippen molar-refractivity contribution in [3.8, 4) is 11.1 Å². The van der Waals surface area contributed by atoms with Crippen molar-refractivity contribution in [1.29, 1.82) is 0 Å². The van der Waals surface area contributed by atoms with Crippen molar-refractivity contribution in [2.24, 2.45) is 0 Å². The number of hydrogen-bond acceptors (Lipinski definition) is 3. The lowest BCUT2D eigenvalue weighted by Gasteiger charge is -2.28. The number of rotatable bonds is 5. The summed E-state index contributed by atoms with van der Waals surface area (Å²) in [6.45, 7) is 0.371. The van der Waals surface area contributed by atoms with E-state index in [9.17, 15) is 9.59 Å². The second-order valence-corrected chi connectivity index (χ2v) is 7.53. The van der Waals surface area contributed by atoms with Crippen LogP contribution in [-0.4, -0.2) is 24.1 Å². The summed E-state index contributed by atoms with van der Waals surface area (Å²) in [6.07, 6.45) is 0.244. The Bertz CT molecular complexity index is 1000. The third kappa shape index (κ3) is 3.94. The Morgan fingerprint density at radius 3 is 2.50 bits per heavy atom. The summed E-state index contributed by atoms with van der Waals surface area (Å²) < 4.78 is 0. The van der Waals surface area contributed by atoms with Crippen molar-refractivity contribution in [3.05, 3.63) is 78.9 Å². The SMILES string of the molecule is O=C(CCN1C(=O)CSc2ccccc21)Nc1ccccc1-c1ccccc1. The van der Waals surface area contributed by atoms with Gasteiger partial charge in [0.25, 0.3) is 0 Å². The van der Waals surface area contributed by atoms with Gasteiger partial charge >= 0.3 is 0 Å². The summed E-state index contributed by atoms with van der Waals surface area (Å²) in [6, 6.07) is 25.5. The molecule has 0 spiro atoms. The highest BCUT2D eigenvalue weighted by Crippen LogP contribution is 2.35. The van der Waals surface area contributed by atoms with Gasteiger partial charge in [0.1, 0.15) is 0 Å². The molecule has 1 N–H and O–H groups in total. The standard InChI is InChI=1S/C23H20N2O2S/c26-22(14-15-25-20-12-6-7-13-21(20)28-16-23(25)27)24-19-11-5-4-10-18(19)17-8-2-1-3-9-17/h1-13H,14-16H2,(H,24,26). The minimum absolute atomic E-state index is 0.0428. The first-order chi connectivity index (χ1) is 13.7. The average molecular weight is 388 g/mol. The molecule has 0 aliphatic carbocycles. The van der Waals surface area contributed by atoms with Crippen LogP contribution in [0.25, 0.3) is 11.1 Å². The summed E-state index contributed by atoms with van der Waals surface area (Å²) in [7, 11) is 0. The molecule has 2 amide bonds. The van der Waals surface area contributed by atoms with Crippen LogP contribution in [0.4, 0.5) is 11.4 Å². The van der Waals surface area contributed by atoms with E-state index in [-0.39, 0.29) is 18.2 Å². The van der Waals surface area contributed by atoms with Gasteiger partial charge in [0, 0.05) is 29.1 Å². The maximum absolute atomic E-state index is 12.6. The van der Waals surface area contributed by atoms with Crippen LogP contribution in [0.15, 0.2) is 83.8 Å². The van der Waals surface area contributed by atoms with Crippen LogP contribution in [0.5, 0.6) is 0 Å². The first-order valence-corrected chi connectivity index (χ1v) is 10.2. The van der Waals surface area contributed by atoms with Gasteiger partial charge in [-0.3, -0.25) is 9.59 Å². The Labute approximate surface area is 168 Å². The van der Waals surface area contributed by atoms with Crippen LogP contribution in [-0.2, 0) is 9.59 Å². The number of anilines is 2. The molecule has 0 saturated heterocycles. The summed E-state index contributed by atoms with van der Waals surface area (Å²) in [4.78, 5) is 27.7. The van der Waals surface area contributed by atoms with Crippen molar-refractivity contribution in [3.63, 3.8) is 0 Å². The number of fused-ring (bicyclic) bond motifs is 1. The van der Waals surface area contributed by atoms with Gasteiger partial charge in [-0.25, -0.2) is 0 Å². The van der Waals surface area contributed by atoms with Crippen LogP contribution in [0.3, 0.4) is 0 Å². The number of amides is 2. The molecule has 0 saturated carbocycles. The van der Waals surface area contributed by atoms with Crippen LogP contribution < -0.4 is 10.2 Å². The molecule has 3 aromatic rings. The van der Waals surface area contributed by atoms with Gasteiger partial charge in [-0.05, 0) is 23.8 Å². The van der Waals surface area contributed by atoms with Crippen molar-refractivity contribution < 1.29 is 9.59 Å². The molecule has 5 heteroatoms. The van der Waals surface area contributed by atoms with Crippen molar-refractivity contribution in [2.75, 3.05) is 22.5 Å². The minimum Gasteiger partial charge on any atom is -0.325 e. The smallest absolute Gasteiger partial charge is 0.237 e. The molecule has 0 aromatic heterocycles. The van der Waals surface area contributed by atoms with E-state index in [2.05, 4.69) is 5.32 Å². The highest BCUT2D eigenvalue weighted by atomic mass is 32.2. The van der Waals surface area contributed by atoms with E-state index < -0.39 is 0 Å². The van der Waals surface area contributed by atoms with Gasteiger partial charge in [-0.15, -0.1) is 11.8 Å². The second-order valence-electron chi connectivity index (χ2n) is 6.51. The Hall–Kier alpha value is -3.05. The maximum Gasteiger partial charge on any atom is 0.237 e. The molecule has 0 atom stereocenters. The van der Waals surface area contributed by atoms with Gasteiger partial charge in [-0.2, -0.15) is 0 Å². The predicted molar refractivity (Wildman–Crippen MR) is 115 cm³/mol. The van der Waals surface area contributed by atoms with E-state index in [1.807, 2.05) is 78.9 Å². The normalized spacial score (nSPS) is 13.1. The van der Waals surface area contributed by atoms with Gasteiger partial charge in [0.2, 0.25) is 11.8 Å². The molecule has 1 heterocycles. The molecule has 3 aromatic carbocycles. The molecule has 140 valence electrons. The Balaban J connectivity index is 1.46. The first kappa shape index (κ1) is 18.3. The average Bonchev–Trinajstić information content (AvgIpc) is 2.74. The third-order valence-corrected chi connectivity index (χ3v) is 5.70. The number of hydrogen-bond donors (Lipinski definition) is 1. The third-order valence-electron chi connectivity index (χ3n) is 4.66. The molecule has 28 heavy (non-hydrogen) atoms. The molecule has 4 rings (SSSR count). The predicted octanol–water partition coefficient (Wildman–Crippen LogP) is 4.82. The van der Waals surface area contributed by atoms with E-state index in [0.29, 0.717) is 12.3 Å². The number of carbonyl (C=O) groups is 2. The molecule has 0 bridgehead atoms. The molecule has 0 unspecified atom stereocenters. The quantitative estimate of drug-likeness (QED) is 0.682. The summed E-state index contributed by atoms with van der Waals surface area (Å²) >= 11 is 1.55. The fraction of sp³-hybridized carbons (Fsp3) is 0.130. The minimum atomic E-state index is -0.105. The van der Waals surface area contributed by atoms with Crippen molar-refractivity contribution >= 4 is 35.0 Å². The largest absolute Gasteiger partial charge is 0.325 e. The highest BCUT2D eigenvalue weighted by Gasteiger charge is 2.24. The zero-order chi connectivity index (χ0) is 19.3. The zero-order valence-electron chi connectivity index (χ0n) is 15.3. The number of thioether (sulfide) groups is 1. The molecular weight excluding hydrogens is 368 g/mol. The fourth-order valence-corrected chi connectivity index (χ4v) is 4.22. The number of para-hydroxylation sites is 2. The molecule has 1 aliphatic rings. The lowest BCUT2D eigenvalue weighted by atomic mass is 10.0. The van der Waals surface area contributed by atoms with Crippen molar-refractivity contribution in [2.45, 2.75) is 11.3 Å². The Morgan fingerprint density at radius 2 is 1.64 bits per heavy atom. The topological polar surface area (TPSA) is 49.4 Å². The van der Waals surface area contributed by atoms with E-state index >= 15 is 0 Å². The molecule has 1 aliphatic heterocycles. The van der Waals surface area contributed by atoms with E-state index in [1.54, 1.807) is 16.7 Å². The fourth-order valence-electron chi connectivity index (χ4n) is 3.29. The van der Waals surface area contributed by atoms with Gasteiger partial charge < -0.3 is 10.2 Å². The van der Waals surface area contributed by atoms with Gasteiger partial charge in [0.05, 0.1) is 11.4 Å². The van der Waals surface area contributed by atoms with Crippen LogP contribution >= 0.6 is 11.8 Å². The van der Waals surface area contributed by atoms with Gasteiger partial charge in [0.15, 0.2) is 0 Å². The van der Waals surface area contributed by atoms with E-state index in [1.165, 1.54) is 0 Å². The van der Waals surface area contributed by atoms with E-state index in [0.717, 1.165) is 27.4 Å². The molecule has 0 radical (unpaired) electrons.